The molecular weight excluding hydrogens is 380 g/mol. The van der Waals surface area contributed by atoms with Crippen LogP contribution in [0, 0.1) is 0 Å². The van der Waals surface area contributed by atoms with Gasteiger partial charge in [-0.05, 0) is 41.5 Å². The second-order valence-corrected chi connectivity index (χ2v) is 6.88. The minimum Gasteiger partial charge on any atom is -0.454 e. The van der Waals surface area contributed by atoms with Crippen LogP contribution in [0.25, 0.3) is 22.5 Å². The number of benzene rings is 3. The minimum absolute atomic E-state index is 0.165. The maximum atomic E-state index is 12.5. The third kappa shape index (κ3) is 3.63. The highest BCUT2D eigenvalue weighted by Crippen LogP contribution is 2.36. The lowest BCUT2D eigenvalue weighted by Gasteiger charge is -2.05. The highest BCUT2D eigenvalue weighted by atomic mass is 16.7. The molecule has 0 saturated carbocycles. The van der Waals surface area contributed by atoms with Crippen LogP contribution in [0.4, 0.5) is 0 Å². The molecule has 6 nitrogen and oxygen atoms in total. The van der Waals surface area contributed by atoms with E-state index in [1.54, 1.807) is 6.07 Å². The summed E-state index contributed by atoms with van der Waals surface area (Å²) < 4.78 is 16.1. The van der Waals surface area contributed by atoms with Gasteiger partial charge in [-0.1, -0.05) is 47.6 Å². The summed E-state index contributed by atoms with van der Waals surface area (Å²) in [6.07, 6.45) is 0. The number of aromatic nitrogens is 1. The largest absolute Gasteiger partial charge is 0.454 e. The number of hydrogen-bond donors (Lipinski definition) is 1. The number of fused-ring (bicyclic) bond motifs is 1. The number of carbonyl (C=O) groups excluding carboxylic acids is 1. The minimum atomic E-state index is -0.165. The zero-order valence-electron chi connectivity index (χ0n) is 16.0. The van der Waals surface area contributed by atoms with Crippen molar-refractivity contribution in [1.82, 2.24) is 10.5 Å². The smallest absolute Gasteiger partial charge is 0.251 e. The zero-order valence-corrected chi connectivity index (χ0v) is 16.0. The average molecular weight is 398 g/mol. The number of carbonyl (C=O) groups is 1. The summed E-state index contributed by atoms with van der Waals surface area (Å²) in [5.74, 6) is 1.83. The van der Waals surface area contributed by atoms with Crippen molar-refractivity contribution in [2.75, 3.05) is 6.79 Å². The molecule has 0 radical (unpaired) electrons. The van der Waals surface area contributed by atoms with Crippen molar-refractivity contribution >= 4 is 5.91 Å². The molecule has 0 aliphatic carbocycles. The van der Waals surface area contributed by atoms with Crippen LogP contribution in [0.2, 0.25) is 0 Å². The van der Waals surface area contributed by atoms with Crippen LogP contribution < -0.4 is 14.8 Å². The van der Waals surface area contributed by atoms with Gasteiger partial charge in [-0.15, -0.1) is 0 Å². The van der Waals surface area contributed by atoms with Crippen LogP contribution in [0.5, 0.6) is 11.5 Å². The van der Waals surface area contributed by atoms with E-state index in [9.17, 15) is 4.79 Å². The van der Waals surface area contributed by atoms with Gasteiger partial charge in [0, 0.05) is 17.2 Å². The van der Waals surface area contributed by atoms with Crippen LogP contribution >= 0.6 is 0 Å². The Labute approximate surface area is 173 Å². The summed E-state index contributed by atoms with van der Waals surface area (Å²) in [4.78, 5) is 12.5. The molecule has 148 valence electrons. The van der Waals surface area contributed by atoms with Gasteiger partial charge in [0.1, 0.15) is 5.69 Å². The molecule has 1 N–H and O–H groups in total. The summed E-state index contributed by atoms with van der Waals surface area (Å²) >= 11 is 0. The number of nitrogens with zero attached hydrogens (tertiary/aromatic N) is 1. The predicted molar refractivity (Wildman–Crippen MR) is 111 cm³/mol. The molecule has 2 heterocycles. The van der Waals surface area contributed by atoms with Gasteiger partial charge in [0.15, 0.2) is 17.3 Å². The summed E-state index contributed by atoms with van der Waals surface area (Å²) in [5, 5.41) is 6.92. The molecule has 30 heavy (non-hydrogen) atoms. The van der Waals surface area contributed by atoms with Crippen molar-refractivity contribution < 1.29 is 18.8 Å². The first-order chi connectivity index (χ1) is 14.8. The monoisotopic (exact) mass is 398 g/mol. The molecule has 5 rings (SSSR count). The van der Waals surface area contributed by atoms with E-state index in [0.29, 0.717) is 28.5 Å². The van der Waals surface area contributed by atoms with E-state index in [4.69, 9.17) is 14.0 Å². The standard InChI is InChI=1S/C24H18N2O4/c27-24(18-8-6-17(7-9-18)16-4-2-1-3-5-16)25-14-20-13-22(30-26-20)19-10-11-21-23(12-19)29-15-28-21/h1-13H,14-15H2,(H,25,27). The fourth-order valence-electron chi connectivity index (χ4n) is 3.30. The van der Waals surface area contributed by atoms with E-state index < -0.39 is 0 Å². The number of rotatable bonds is 5. The molecule has 0 bridgehead atoms. The van der Waals surface area contributed by atoms with E-state index in [2.05, 4.69) is 10.5 Å². The Morgan fingerprint density at radius 1 is 0.833 bits per heavy atom. The van der Waals surface area contributed by atoms with Gasteiger partial charge in [0.05, 0.1) is 6.54 Å². The predicted octanol–water partition coefficient (Wildman–Crippen LogP) is 4.67. The normalized spacial score (nSPS) is 12.0. The molecule has 1 aliphatic rings. The Kier molecular flexibility index (Phi) is 4.65. The lowest BCUT2D eigenvalue weighted by atomic mass is 10.0. The fraction of sp³-hybridized carbons (Fsp3) is 0.0833. The van der Waals surface area contributed by atoms with Gasteiger partial charge in [0.2, 0.25) is 6.79 Å². The molecule has 4 aromatic rings. The van der Waals surface area contributed by atoms with Crippen molar-refractivity contribution in [3.63, 3.8) is 0 Å². The van der Waals surface area contributed by atoms with Crippen molar-refractivity contribution in [3.8, 4) is 33.9 Å². The molecule has 1 aliphatic heterocycles. The van der Waals surface area contributed by atoms with Gasteiger partial charge >= 0.3 is 0 Å². The van der Waals surface area contributed by atoms with Crippen LogP contribution in [-0.2, 0) is 6.54 Å². The SMILES string of the molecule is O=C(NCc1cc(-c2ccc3c(c2)OCO3)on1)c1ccc(-c2ccccc2)cc1. The van der Waals surface area contributed by atoms with Gasteiger partial charge < -0.3 is 19.3 Å². The maximum Gasteiger partial charge on any atom is 0.251 e. The number of nitrogens with one attached hydrogen (secondary N) is 1. The molecule has 3 aromatic carbocycles. The van der Waals surface area contributed by atoms with Crippen molar-refractivity contribution in [2.45, 2.75) is 6.54 Å². The van der Waals surface area contributed by atoms with Crippen LogP contribution in [0.15, 0.2) is 83.4 Å². The Balaban J connectivity index is 1.23. The fourth-order valence-corrected chi connectivity index (χ4v) is 3.30. The highest BCUT2D eigenvalue weighted by Gasteiger charge is 2.16. The average Bonchev–Trinajstić information content (AvgIpc) is 3.47. The first-order valence-electron chi connectivity index (χ1n) is 9.55. The van der Waals surface area contributed by atoms with E-state index in [0.717, 1.165) is 16.7 Å². The quantitative estimate of drug-likeness (QED) is 0.529. The Hall–Kier alpha value is -4.06. The van der Waals surface area contributed by atoms with Crippen molar-refractivity contribution in [2.24, 2.45) is 0 Å². The summed E-state index contributed by atoms with van der Waals surface area (Å²) in [5.41, 5.74) is 4.24. The van der Waals surface area contributed by atoms with E-state index in [-0.39, 0.29) is 19.2 Å². The van der Waals surface area contributed by atoms with Gasteiger partial charge in [-0.25, -0.2) is 0 Å². The van der Waals surface area contributed by atoms with Gasteiger partial charge in [-0.2, -0.15) is 0 Å². The van der Waals surface area contributed by atoms with Crippen LogP contribution in [-0.4, -0.2) is 17.9 Å². The van der Waals surface area contributed by atoms with Gasteiger partial charge in [-0.3, -0.25) is 4.79 Å². The Morgan fingerprint density at radius 2 is 1.57 bits per heavy atom. The van der Waals surface area contributed by atoms with Crippen molar-refractivity contribution in [1.29, 1.82) is 0 Å². The van der Waals surface area contributed by atoms with Crippen molar-refractivity contribution in [3.05, 3.63) is 90.1 Å². The second kappa shape index (κ2) is 7.75. The van der Waals surface area contributed by atoms with Crippen LogP contribution in [0.3, 0.4) is 0 Å². The number of amides is 1. The Bertz CT molecular complexity index is 1180. The third-order valence-electron chi connectivity index (χ3n) is 4.90. The second-order valence-electron chi connectivity index (χ2n) is 6.88. The zero-order chi connectivity index (χ0) is 20.3. The lowest BCUT2D eigenvalue weighted by molar-refractivity contribution is 0.0950. The van der Waals surface area contributed by atoms with E-state index >= 15 is 0 Å². The summed E-state index contributed by atoms with van der Waals surface area (Å²) in [7, 11) is 0. The topological polar surface area (TPSA) is 73.6 Å². The molecule has 0 unspecified atom stereocenters. The molecule has 1 aromatic heterocycles. The maximum absolute atomic E-state index is 12.5. The highest BCUT2D eigenvalue weighted by molar-refractivity contribution is 5.94. The molecule has 6 heteroatoms. The molecule has 0 saturated heterocycles. The van der Waals surface area contributed by atoms with Crippen LogP contribution in [0.1, 0.15) is 16.1 Å². The summed E-state index contributed by atoms with van der Waals surface area (Å²) in [6.45, 7) is 0.492. The third-order valence-corrected chi connectivity index (χ3v) is 4.90. The van der Waals surface area contributed by atoms with Gasteiger partial charge in [0.25, 0.3) is 5.91 Å². The number of ether oxygens (including phenoxy) is 2. The summed E-state index contributed by atoms with van der Waals surface area (Å²) in [6, 6.07) is 24.9. The lowest BCUT2D eigenvalue weighted by Crippen LogP contribution is -2.22. The Morgan fingerprint density at radius 3 is 2.40 bits per heavy atom. The number of hydrogen-bond acceptors (Lipinski definition) is 5. The van der Waals surface area contributed by atoms with E-state index in [1.165, 1.54) is 0 Å². The first-order valence-corrected chi connectivity index (χ1v) is 9.55. The molecule has 0 atom stereocenters. The van der Waals surface area contributed by atoms with E-state index in [1.807, 2.05) is 72.8 Å². The molecule has 0 spiro atoms. The first kappa shape index (κ1) is 18.0. The molecular formula is C24H18N2O4. The molecule has 0 fully saturated rings. The molecule has 1 amide bonds.